The van der Waals surface area contributed by atoms with Crippen molar-refractivity contribution in [3.63, 3.8) is 0 Å². The minimum Gasteiger partial charge on any atom is -0.388 e. The summed E-state index contributed by atoms with van der Waals surface area (Å²) in [6, 6.07) is 0. The highest BCUT2D eigenvalue weighted by atomic mass is 16.6. The summed E-state index contributed by atoms with van der Waals surface area (Å²) in [5.74, 6) is 0. The van der Waals surface area contributed by atoms with Crippen LogP contribution in [0.25, 0.3) is 0 Å². The number of hydrogen-bond acceptors (Lipinski definition) is 6. The van der Waals surface area contributed by atoms with Crippen LogP contribution in [0.5, 0.6) is 0 Å². The van der Waals surface area contributed by atoms with Gasteiger partial charge in [-0.15, -0.1) is 0 Å². The molecule has 0 radical (unpaired) electrons. The van der Waals surface area contributed by atoms with Crippen molar-refractivity contribution in [1.29, 1.82) is 0 Å². The van der Waals surface area contributed by atoms with E-state index < -0.39 is 30.7 Å². The Morgan fingerprint density at radius 2 is 1.58 bits per heavy atom. The van der Waals surface area contributed by atoms with Gasteiger partial charge >= 0.3 is 0 Å². The third-order valence-electron chi connectivity index (χ3n) is 1.92. The summed E-state index contributed by atoms with van der Waals surface area (Å²) in [5, 5.41) is 36.3. The van der Waals surface area contributed by atoms with E-state index in [0.29, 0.717) is 0 Å². The second-order valence-corrected chi connectivity index (χ2v) is 2.77. The van der Waals surface area contributed by atoms with Gasteiger partial charge in [0.2, 0.25) is 0 Å². The molecule has 1 heterocycles. The van der Waals surface area contributed by atoms with Crippen LogP contribution in [0.4, 0.5) is 0 Å². The van der Waals surface area contributed by atoms with Crippen molar-refractivity contribution >= 4 is 0 Å². The van der Waals surface area contributed by atoms with E-state index in [1.54, 1.807) is 0 Å². The minimum absolute atomic E-state index is 0.0258. The number of aliphatic hydroxyl groups is 4. The van der Waals surface area contributed by atoms with Gasteiger partial charge in [0.25, 0.3) is 0 Å². The van der Waals surface area contributed by atoms with E-state index in [4.69, 9.17) is 25.8 Å². The van der Waals surface area contributed by atoms with Gasteiger partial charge in [0.05, 0.1) is 0 Å². The fraction of sp³-hybridized carbons (Fsp3) is 1.00. The molecule has 1 saturated heterocycles. The molecule has 6 heteroatoms. The monoisotopic (exact) mass is 179 g/mol. The Morgan fingerprint density at radius 3 is 2.08 bits per heavy atom. The first-order chi connectivity index (χ1) is 5.57. The fourth-order valence-corrected chi connectivity index (χ4v) is 1.13. The summed E-state index contributed by atoms with van der Waals surface area (Å²) < 4.78 is 4.70. The lowest BCUT2D eigenvalue weighted by Gasteiger charge is -2.37. The van der Waals surface area contributed by atoms with Crippen LogP contribution < -0.4 is 5.73 Å². The summed E-state index contributed by atoms with van der Waals surface area (Å²) in [7, 11) is 0. The van der Waals surface area contributed by atoms with Crippen LogP contribution in [-0.2, 0) is 4.74 Å². The maximum atomic E-state index is 9.20. The van der Waals surface area contributed by atoms with Crippen LogP contribution in [0.15, 0.2) is 0 Å². The molecule has 0 aromatic rings. The van der Waals surface area contributed by atoms with E-state index in [9.17, 15) is 5.11 Å². The lowest BCUT2D eigenvalue weighted by Crippen LogP contribution is -2.59. The van der Waals surface area contributed by atoms with E-state index >= 15 is 0 Å². The molecular formula is C6H13NO5. The summed E-state index contributed by atoms with van der Waals surface area (Å²) in [6.07, 6.45) is -6.48. The molecule has 0 aliphatic carbocycles. The molecule has 0 saturated carbocycles. The fourth-order valence-electron chi connectivity index (χ4n) is 1.13. The Hall–Kier alpha value is -0.240. The van der Waals surface area contributed by atoms with E-state index in [2.05, 4.69) is 0 Å². The molecule has 1 aliphatic heterocycles. The predicted octanol–water partition coefficient (Wildman–Crippen LogP) is -3.25. The van der Waals surface area contributed by atoms with Gasteiger partial charge in [0.1, 0.15) is 24.4 Å². The van der Waals surface area contributed by atoms with Gasteiger partial charge < -0.3 is 30.9 Å². The third kappa shape index (κ3) is 1.58. The predicted molar refractivity (Wildman–Crippen MR) is 38.0 cm³/mol. The van der Waals surface area contributed by atoms with Crippen molar-refractivity contribution in [2.24, 2.45) is 5.73 Å². The highest BCUT2D eigenvalue weighted by Crippen LogP contribution is 2.18. The van der Waals surface area contributed by atoms with Crippen molar-refractivity contribution in [2.75, 3.05) is 6.54 Å². The molecule has 0 bridgehead atoms. The van der Waals surface area contributed by atoms with Crippen molar-refractivity contribution in [3.8, 4) is 0 Å². The molecule has 0 amide bonds. The number of aliphatic hydroxyl groups excluding tert-OH is 4. The molecule has 1 rings (SSSR count). The van der Waals surface area contributed by atoms with Crippen LogP contribution in [0.3, 0.4) is 0 Å². The third-order valence-corrected chi connectivity index (χ3v) is 1.92. The van der Waals surface area contributed by atoms with Gasteiger partial charge in [-0.3, -0.25) is 0 Å². The van der Waals surface area contributed by atoms with Crippen molar-refractivity contribution < 1.29 is 25.2 Å². The lowest BCUT2D eigenvalue weighted by atomic mass is 9.99. The summed E-state index contributed by atoms with van der Waals surface area (Å²) >= 11 is 0. The quantitative estimate of drug-likeness (QED) is 0.288. The van der Waals surface area contributed by atoms with Crippen molar-refractivity contribution in [2.45, 2.75) is 30.7 Å². The van der Waals surface area contributed by atoms with E-state index in [0.717, 1.165) is 0 Å². The summed E-state index contributed by atoms with van der Waals surface area (Å²) in [6.45, 7) is -0.0258. The maximum absolute atomic E-state index is 9.20. The SMILES string of the molecule is NC[C@@H]1O[C@H](O)[C@H](O)[C@H](O)[C@@H]1O. The molecule has 6 nitrogen and oxygen atoms in total. The molecule has 1 fully saturated rings. The summed E-state index contributed by atoms with van der Waals surface area (Å²) in [4.78, 5) is 0. The number of nitrogens with two attached hydrogens (primary N) is 1. The van der Waals surface area contributed by atoms with Crippen LogP contribution in [0.2, 0.25) is 0 Å². The first-order valence-electron chi connectivity index (χ1n) is 3.65. The molecule has 12 heavy (non-hydrogen) atoms. The first kappa shape index (κ1) is 9.85. The molecule has 0 unspecified atom stereocenters. The summed E-state index contributed by atoms with van der Waals surface area (Å²) in [5.41, 5.74) is 5.17. The highest BCUT2D eigenvalue weighted by Gasteiger charge is 2.42. The zero-order valence-corrected chi connectivity index (χ0v) is 6.37. The Labute approximate surface area is 69.2 Å². The van der Waals surface area contributed by atoms with Gasteiger partial charge in [-0.05, 0) is 0 Å². The van der Waals surface area contributed by atoms with Crippen LogP contribution >= 0.6 is 0 Å². The van der Waals surface area contributed by atoms with E-state index in [1.807, 2.05) is 0 Å². The second-order valence-electron chi connectivity index (χ2n) is 2.77. The molecule has 5 atom stereocenters. The van der Waals surface area contributed by atoms with Crippen molar-refractivity contribution in [3.05, 3.63) is 0 Å². The smallest absolute Gasteiger partial charge is 0.184 e. The average Bonchev–Trinajstić information content (AvgIpc) is 2.08. The zero-order valence-electron chi connectivity index (χ0n) is 6.37. The standard InChI is InChI=1S/C6H13NO5/c7-1-2-3(8)4(9)5(10)6(11)12-2/h2-6,8-11H,1,7H2/t2-,3+,4+,5+,6-/m0/s1. The Kier molecular flexibility index (Phi) is 2.99. The number of ether oxygens (including phenoxy) is 1. The molecule has 72 valence electrons. The van der Waals surface area contributed by atoms with Crippen LogP contribution in [0.1, 0.15) is 0 Å². The molecule has 0 aromatic heterocycles. The molecule has 6 N–H and O–H groups in total. The topological polar surface area (TPSA) is 116 Å². The van der Waals surface area contributed by atoms with Crippen LogP contribution in [0, 0.1) is 0 Å². The largest absolute Gasteiger partial charge is 0.388 e. The average molecular weight is 179 g/mol. The Morgan fingerprint density at radius 1 is 1.00 bits per heavy atom. The maximum Gasteiger partial charge on any atom is 0.184 e. The van der Waals surface area contributed by atoms with Gasteiger partial charge in [-0.25, -0.2) is 0 Å². The number of rotatable bonds is 1. The molecule has 1 aliphatic rings. The zero-order chi connectivity index (χ0) is 9.30. The minimum atomic E-state index is -1.49. The first-order valence-corrected chi connectivity index (χ1v) is 3.65. The molecule has 0 spiro atoms. The Bertz CT molecular complexity index is 150. The lowest BCUT2D eigenvalue weighted by molar-refractivity contribution is -0.279. The Balaban J connectivity index is 2.63. The molecular weight excluding hydrogens is 166 g/mol. The highest BCUT2D eigenvalue weighted by molar-refractivity contribution is 4.88. The second kappa shape index (κ2) is 3.65. The van der Waals surface area contributed by atoms with Gasteiger partial charge in [-0.1, -0.05) is 0 Å². The molecule has 0 aromatic carbocycles. The van der Waals surface area contributed by atoms with Gasteiger partial charge in [0, 0.05) is 6.54 Å². The van der Waals surface area contributed by atoms with Crippen LogP contribution in [-0.4, -0.2) is 57.7 Å². The van der Waals surface area contributed by atoms with Crippen molar-refractivity contribution in [1.82, 2.24) is 0 Å². The normalized spacial score (nSPS) is 49.2. The number of hydrogen-bond donors (Lipinski definition) is 5. The van der Waals surface area contributed by atoms with E-state index in [1.165, 1.54) is 0 Å². The van der Waals surface area contributed by atoms with E-state index in [-0.39, 0.29) is 6.54 Å². The van der Waals surface area contributed by atoms with Gasteiger partial charge in [0.15, 0.2) is 6.29 Å². The van der Waals surface area contributed by atoms with Gasteiger partial charge in [-0.2, -0.15) is 0 Å².